The molecule has 0 aliphatic heterocycles. The third kappa shape index (κ3) is 3.02. The SMILES string of the molecule is O=S(=O)(Nc1c(F)cccc1F)c1ccc(Cl)cc1. The largest absolute Gasteiger partial charge is 0.274 e. The molecule has 0 fully saturated rings. The summed E-state index contributed by atoms with van der Waals surface area (Å²) in [5.74, 6) is -1.98. The molecule has 0 unspecified atom stereocenters. The number of hydrogen-bond acceptors (Lipinski definition) is 2. The van der Waals surface area contributed by atoms with Crippen LogP contribution in [0.2, 0.25) is 5.02 Å². The number of nitrogens with one attached hydrogen (secondary N) is 1. The molecule has 7 heteroatoms. The molecule has 0 saturated heterocycles. The first kappa shape index (κ1) is 13.8. The normalized spacial score (nSPS) is 11.3. The van der Waals surface area contributed by atoms with E-state index in [9.17, 15) is 17.2 Å². The first-order valence-electron chi connectivity index (χ1n) is 5.12. The molecule has 0 spiro atoms. The molecule has 3 nitrogen and oxygen atoms in total. The monoisotopic (exact) mass is 303 g/mol. The molecule has 0 bridgehead atoms. The zero-order valence-electron chi connectivity index (χ0n) is 9.40. The fraction of sp³-hybridized carbons (Fsp3) is 0. The van der Waals surface area contributed by atoms with Crippen molar-refractivity contribution in [3.8, 4) is 0 Å². The highest BCUT2D eigenvalue weighted by Crippen LogP contribution is 2.22. The van der Waals surface area contributed by atoms with Crippen LogP contribution in [0.4, 0.5) is 14.5 Å². The standard InChI is InChI=1S/C12H8ClF2NO2S/c13-8-4-6-9(7-5-8)19(17,18)16-12-10(14)2-1-3-11(12)15/h1-7,16H. The summed E-state index contributed by atoms with van der Waals surface area (Å²) in [6.07, 6.45) is 0. The minimum Gasteiger partial charge on any atom is -0.274 e. The Kier molecular flexibility index (Phi) is 3.73. The van der Waals surface area contributed by atoms with E-state index in [-0.39, 0.29) is 4.90 Å². The van der Waals surface area contributed by atoms with Crippen LogP contribution in [0.1, 0.15) is 0 Å². The Labute approximate surface area is 113 Å². The summed E-state index contributed by atoms with van der Waals surface area (Å²) in [5, 5.41) is 0.357. The fourth-order valence-electron chi connectivity index (χ4n) is 1.40. The van der Waals surface area contributed by atoms with E-state index in [1.807, 2.05) is 4.72 Å². The van der Waals surface area contributed by atoms with E-state index in [0.29, 0.717) is 5.02 Å². The van der Waals surface area contributed by atoms with Gasteiger partial charge in [0.1, 0.15) is 17.3 Å². The molecule has 2 rings (SSSR count). The quantitative estimate of drug-likeness (QED) is 0.944. The van der Waals surface area contributed by atoms with Gasteiger partial charge < -0.3 is 0 Å². The predicted octanol–water partition coefficient (Wildman–Crippen LogP) is 3.42. The maximum atomic E-state index is 13.4. The number of para-hydroxylation sites is 1. The lowest BCUT2D eigenvalue weighted by Gasteiger charge is -2.09. The maximum Gasteiger partial charge on any atom is 0.262 e. The van der Waals surface area contributed by atoms with Crippen molar-refractivity contribution in [3.63, 3.8) is 0 Å². The molecule has 0 saturated carbocycles. The van der Waals surface area contributed by atoms with Gasteiger partial charge in [0.05, 0.1) is 4.90 Å². The van der Waals surface area contributed by atoms with Gasteiger partial charge in [-0.25, -0.2) is 17.2 Å². The molecular weight excluding hydrogens is 296 g/mol. The van der Waals surface area contributed by atoms with Gasteiger partial charge in [0.15, 0.2) is 0 Å². The van der Waals surface area contributed by atoms with Gasteiger partial charge in [-0.2, -0.15) is 0 Å². The van der Waals surface area contributed by atoms with Crippen LogP contribution >= 0.6 is 11.6 Å². The molecule has 1 N–H and O–H groups in total. The van der Waals surface area contributed by atoms with Crippen LogP contribution in [0.3, 0.4) is 0 Å². The zero-order chi connectivity index (χ0) is 14.0. The van der Waals surface area contributed by atoms with Crippen molar-refractivity contribution in [1.82, 2.24) is 0 Å². The van der Waals surface area contributed by atoms with Crippen molar-refractivity contribution in [2.24, 2.45) is 0 Å². The molecule has 0 aromatic heterocycles. The van der Waals surface area contributed by atoms with Crippen LogP contribution in [-0.4, -0.2) is 8.42 Å². The van der Waals surface area contributed by atoms with Gasteiger partial charge in [-0.05, 0) is 36.4 Å². The van der Waals surface area contributed by atoms with Crippen LogP contribution in [0, 0.1) is 11.6 Å². The Morgan fingerprint density at radius 2 is 1.47 bits per heavy atom. The Morgan fingerprint density at radius 3 is 2.00 bits per heavy atom. The van der Waals surface area contributed by atoms with Gasteiger partial charge in [-0.1, -0.05) is 17.7 Å². The van der Waals surface area contributed by atoms with Crippen LogP contribution in [0.5, 0.6) is 0 Å². The lowest BCUT2D eigenvalue weighted by Crippen LogP contribution is -2.15. The number of hydrogen-bond donors (Lipinski definition) is 1. The second-order valence-corrected chi connectivity index (χ2v) is 5.77. The van der Waals surface area contributed by atoms with Gasteiger partial charge in [0.2, 0.25) is 0 Å². The summed E-state index contributed by atoms with van der Waals surface area (Å²) in [4.78, 5) is -0.139. The summed E-state index contributed by atoms with van der Waals surface area (Å²) >= 11 is 5.64. The van der Waals surface area contributed by atoms with Crippen molar-refractivity contribution in [3.05, 3.63) is 59.1 Å². The zero-order valence-corrected chi connectivity index (χ0v) is 11.0. The van der Waals surface area contributed by atoms with E-state index in [0.717, 1.165) is 18.2 Å². The average Bonchev–Trinajstić information content (AvgIpc) is 2.35. The van der Waals surface area contributed by atoms with Gasteiger partial charge in [0.25, 0.3) is 10.0 Å². The van der Waals surface area contributed by atoms with Crippen molar-refractivity contribution < 1.29 is 17.2 Å². The third-order valence-electron chi connectivity index (χ3n) is 2.32. The summed E-state index contributed by atoms with van der Waals surface area (Å²) < 4.78 is 52.5. The Hall–Kier alpha value is -1.66. The van der Waals surface area contributed by atoms with Crippen molar-refractivity contribution in [1.29, 1.82) is 0 Å². The van der Waals surface area contributed by atoms with Gasteiger partial charge in [-0.15, -0.1) is 0 Å². The topological polar surface area (TPSA) is 46.2 Å². The summed E-state index contributed by atoms with van der Waals surface area (Å²) in [6, 6.07) is 8.28. The number of sulfonamides is 1. The Morgan fingerprint density at radius 1 is 0.947 bits per heavy atom. The highest BCUT2D eigenvalue weighted by Gasteiger charge is 2.18. The van der Waals surface area contributed by atoms with Crippen LogP contribution in [-0.2, 0) is 10.0 Å². The second-order valence-electron chi connectivity index (χ2n) is 3.66. The molecule has 0 heterocycles. The number of anilines is 1. The summed E-state index contributed by atoms with van der Waals surface area (Å²) in [5.41, 5.74) is -0.711. The van der Waals surface area contributed by atoms with Crippen molar-refractivity contribution in [2.45, 2.75) is 4.90 Å². The number of halogens is 3. The summed E-state index contributed by atoms with van der Waals surface area (Å²) in [6.45, 7) is 0. The lowest BCUT2D eigenvalue weighted by molar-refractivity contribution is 0.583. The first-order chi connectivity index (χ1) is 8.90. The molecule has 100 valence electrons. The van der Waals surface area contributed by atoms with E-state index in [2.05, 4.69) is 0 Å². The third-order valence-corrected chi connectivity index (χ3v) is 3.94. The minimum atomic E-state index is -4.06. The van der Waals surface area contributed by atoms with Gasteiger partial charge >= 0.3 is 0 Å². The average molecular weight is 304 g/mol. The molecule has 0 aliphatic rings. The molecule has 0 amide bonds. The van der Waals surface area contributed by atoms with E-state index in [4.69, 9.17) is 11.6 Å². The lowest BCUT2D eigenvalue weighted by atomic mass is 10.3. The van der Waals surface area contributed by atoms with Crippen LogP contribution in [0.15, 0.2) is 47.4 Å². The predicted molar refractivity (Wildman–Crippen MR) is 68.6 cm³/mol. The van der Waals surface area contributed by atoms with E-state index in [1.165, 1.54) is 24.3 Å². The van der Waals surface area contributed by atoms with Crippen LogP contribution < -0.4 is 4.72 Å². The highest BCUT2D eigenvalue weighted by atomic mass is 35.5. The smallest absolute Gasteiger partial charge is 0.262 e. The molecule has 19 heavy (non-hydrogen) atoms. The van der Waals surface area contributed by atoms with Crippen LogP contribution in [0.25, 0.3) is 0 Å². The Bertz CT molecular complexity index is 682. The number of benzene rings is 2. The van der Waals surface area contributed by atoms with Gasteiger partial charge in [0, 0.05) is 5.02 Å². The van der Waals surface area contributed by atoms with E-state index in [1.54, 1.807) is 0 Å². The molecular formula is C12H8ClF2NO2S. The molecule has 2 aromatic carbocycles. The second kappa shape index (κ2) is 5.14. The first-order valence-corrected chi connectivity index (χ1v) is 6.99. The summed E-state index contributed by atoms with van der Waals surface area (Å²) in [7, 11) is -4.06. The molecule has 2 aromatic rings. The maximum absolute atomic E-state index is 13.4. The molecule has 0 radical (unpaired) electrons. The van der Waals surface area contributed by atoms with Crippen molar-refractivity contribution in [2.75, 3.05) is 4.72 Å². The highest BCUT2D eigenvalue weighted by molar-refractivity contribution is 7.92. The van der Waals surface area contributed by atoms with E-state index >= 15 is 0 Å². The van der Waals surface area contributed by atoms with Gasteiger partial charge in [-0.3, -0.25) is 4.72 Å². The molecule has 0 atom stereocenters. The molecule has 0 aliphatic carbocycles. The Balaban J connectivity index is 2.39. The number of rotatable bonds is 3. The fourth-order valence-corrected chi connectivity index (χ4v) is 2.60. The van der Waals surface area contributed by atoms with E-state index < -0.39 is 27.3 Å². The minimum absolute atomic E-state index is 0.139. The van der Waals surface area contributed by atoms with Crippen molar-refractivity contribution >= 4 is 27.3 Å².